The molecule has 0 saturated carbocycles. The van der Waals surface area contributed by atoms with Gasteiger partial charge in [0.25, 0.3) is 0 Å². The number of halogens is 1. The fourth-order valence-electron chi connectivity index (χ4n) is 1.40. The minimum absolute atomic E-state index is 0.375. The smallest absolute Gasteiger partial charge is 0.178 e. The highest BCUT2D eigenvalue weighted by Gasteiger charge is 2.06. The van der Waals surface area contributed by atoms with Crippen molar-refractivity contribution in [3.8, 4) is 11.5 Å². The summed E-state index contributed by atoms with van der Waals surface area (Å²) < 4.78 is 0. The molecule has 82 valence electrons. The molecule has 0 atom stereocenters. The summed E-state index contributed by atoms with van der Waals surface area (Å²) in [4.78, 5) is 17.0. The van der Waals surface area contributed by atoms with Crippen molar-refractivity contribution in [1.29, 1.82) is 0 Å². The number of aryl methyl sites for hydroxylation is 2. The van der Waals surface area contributed by atoms with E-state index < -0.39 is 0 Å². The topological polar surface area (TPSA) is 51.6 Å². The molecule has 0 aliphatic rings. The summed E-state index contributed by atoms with van der Waals surface area (Å²) in [5, 5.41) is 0. The minimum atomic E-state index is 0.375. The summed E-state index contributed by atoms with van der Waals surface area (Å²) in [6.45, 7) is 3.75. The largest absolute Gasteiger partial charge is 0.242 e. The molecule has 2 aromatic heterocycles. The number of hydrogen-bond acceptors (Lipinski definition) is 4. The van der Waals surface area contributed by atoms with Gasteiger partial charge in [0.1, 0.15) is 11.5 Å². The van der Waals surface area contributed by atoms with Gasteiger partial charge in [0.15, 0.2) is 5.82 Å². The number of alkyl halides is 1. The molecule has 5 heteroatoms. The summed E-state index contributed by atoms with van der Waals surface area (Å²) in [7, 11) is 0. The van der Waals surface area contributed by atoms with Crippen molar-refractivity contribution < 1.29 is 0 Å². The van der Waals surface area contributed by atoms with Crippen LogP contribution in [0.5, 0.6) is 0 Å². The van der Waals surface area contributed by atoms with Crippen molar-refractivity contribution in [2.45, 2.75) is 19.7 Å². The maximum atomic E-state index is 5.77. The zero-order valence-corrected chi connectivity index (χ0v) is 9.86. The van der Waals surface area contributed by atoms with Gasteiger partial charge in [0.2, 0.25) is 0 Å². The van der Waals surface area contributed by atoms with Crippen LogP contribution in [0.4, 0.5) is 0 Å². The number of nitrogens with zero attached hydrogens (tertiary/aromatic N) is 4. The molecule has 0 amide bonds. The van der Waals surface area contributed by atoms with E-state index in [1.165, 1.54) is 0 Å². The van der Waals surface area contributed by atoms with Crippen molar-refractivity contribution in [3.63, 3.8) is 0 Å². The third-order valence-electron chi connectivity index (χ3n) is 2.05. The van der Waals surface area contributed by atoms with Crippen molar-refractivity contribution in [2.75, 3.05) is 0 Å². The van der Waals surface area contributed by atoms with Crippen molar-refractivity contribution in [1.82, 2.24) is 19.9 Å². The standard InChI is InChI=1S/C11H11ClN4/c1-7-5-9(6-12)16-11(14-7)10-3-4-13-8(2)15-10/h3-5H,6H2,1-2H3. The Morgan fingerprint density at radius 3 is 2.69 bits per heavy atom. The van der Waals surface area contributed by atoms with Crippen molar-refractivity contribution in [3.05, 3.63) is 35.5 Å². The van der Waals surface area contributed by atoms with E-state index in [9.17, 15) is 0 Å². The average molecular weight is 235 g/mol. The van der Waals surface area contributed by atoms with E-state index >= 15 is 0 Å². The van der Waals surface area contributed by atoms with E-state index in [0.29, 0.717) is 17.5 Å². The Morgan fingerprint density at radius 1 is 1.19 bits per heavy atom. The number of aromatic nitrogens is 4. The van der Waals surface area contributed by atoms with Gasteiger partial charge in [-0.3, -0.25) is 0 Å². The lowest BCUT2D eigenvalue weighted by Gasteiger charge is -2.03. The highest BCUT2D eigenvalue weighted by Crippen LogP contribution is 2.13. The van der Waals surface area contributed by atoms with Gasteiger partial charge in [-0.25, -0.2) is 19.9 Å². The average Bonchev–Trinajstić information content (AvgIpc) is 2.28. The number of hydrogen-bond donors (Lipinski definition) is 0. The Labute approximate surface area is 98.8 Å². The summed E-state index contributed by atoms with van der Waals surface area (Å²) in [5.74, 6) is 1.68. The van der Waals surface area contributed by atoms with E-state index in [1.807, 2.05) is 19.9 Å². The molecule has 4 nitrogen and oxygen atoms in total. The van der Waals surface area contributed by atoms with Crippen LogP contribution in [0.2, 0.25) is 0 Å². The van der Waals surface area contributed by atoms with Gasteiger partial charge in [-0.15, -0.1) is 11.6 Å². The predicted molar refractivity (Wildman–Crippen MR) is 62.1 cm³/mol. The second-order valence-corrected chi connectivity index (χ2v) is 3.71. The van der Waals surface area contributed by atoms with E-state index in [1.54, 1.807) is 12.3 Å². The lowest BCUT2D eigenvalue weighted by molar-refractivity contribution is 1.00. The quantitative estimate of drug-likeness (QED) is 0.749. The van der Waals surface area contributed by atoms with Gasteiger partial charge >= 0.3 is 0 Å². The fraction of sp³-hybridized carbons (Fsp3) is 0.273. The Kier molecular flexibility index (Phi) is 3.10. The molecule has 0 saturated heterocycles. The highest BCUT2D eigenvalue weighted by molar-refractivity contribution is 6.16. The van der Waals surface area contributed by atoms with Crippen LogP contribution in [0.15, 0.2) is 18.3 Å². The molecule has 0 aliphatic carbocycles. The van der Waals surface area contributed by atoms with Crippen LogP contribution in [-0.2, 0) is 5.88 Å². The van der Waals surface area contributed by atoms with E-state index in [2.05, 4.69) is 19.9 Å². The van der Waals surface area contributed by atoms with Crippen LogP contribution in [0.25, 0.3) is 11.5 Å². The van der Waals surface area contributed by atoms with Crippen LogP contribution in [0.1, 0.15) is 17.2 Å². The second kappa shape index (κ2) is 4.53. The molecule has 0 fully saturated rings. The molecule has 0 bridgehead atoms. The van der Waals surface area contributed by atoms with Crippen molar-refractivity contribution in [2.24, 2.45) is 0 Å². The Bertz CT molecular complexity index is 513. The Balaban J connectivity index is 2.51. The molecule has 16 heavy (non-hydrogen) atoms. The van der Waals surface area contributed by atoms with Crippen molar-refractivity contribution >= 4 is 11.6 Å². The molecule has 0 N–H and O–H groups in total. The SMILES string of the molecule is Cc1cc(CCl)nc(-c2ccnc(C)n2)n1. The van der Waals surface area contributed by atoms with E-state index in [4.69, 9.17) is 11.6 Å². The van der Waals surface area contributed by atoms with Gasteiger partial charge in [0.05, 0.1) is 11.6 Å². The maximum Gasteiger partial charge on any atom is 0.178 e. The molecular formula is C11H11ClN4. The summed E-state index contributed by atoms with van der Waals surface area (Å²) in [5.41, 5.74) is 2.42. The summed E-state index contributed by atoms with van der Waals surface area (Å²) in [6.07, 6.45) is 1.70. The molecule has 2 rings (SSSR count). The zero-order chi connectivity index (χ0) is 11.5. The molecule has 2 aromatic rings. The van der Waals surface area contributed by atoms with E-state index in [0.717, 1.165) is 17.1 Å². The van der Waals surface area contributed by atoms with Gasteiger partial charge in [-0.2, -0.15) is 0 Å². The highest BCUT2D eigenvalue weighted by atomic mass is 35.5. The van der Waals surface area contributed by atoms with Gasteiger partial charge in [-0.05, 0) is 26.0 Å². The maximum absolute atomic E-state index is 5.77. The first kappa shape index (κ1) is 11.0. The van der Waals surface area contributed by atoms with Crippen LogP contribution >= 0.6 is 11.6 Å². The number of rotatable bonds is 2. The van der Waals surface area contributed by atoms with E-state index in [-0.39, 0.29) is 0 Å². The first-order chi connectivity index (χ1) is 7.69. The van der Waals surface area contributed by atoms with Gasteiger partial charge in [0, 0.05) is 11.9 Å². The molecule has 0 unspecified atom stereocenters. The Morgan fingerprint density at radius 2 is 2.00 bits per heavy atom. The third kappa shape index (κ3) is 2.33. The first-order valence-electron chi connectivity index (χ1n) is 4.89. The minimum Gasteiger partial charge on any atom is -0.242 e. The summed E-state index contributed by atoms with van der Waals surface area (Å²) in [6, 6.07) is 3.66. The summed E-state index contributed by atoms with van der Waals surface area (Å²) >= 11 is 5.77. The molecule has 0 aliphatic heterocycles. The fourth-order valence-corrected chi connectivity index (χ4v) is 1.53. The molecule has 0 spiro atoms. The predicted octanol–water partition coefficient (Wildman–Crippen LogP) is 2.29. The molecule has 0 aromatic carbocycles. The molecule has 0 radical (unpaired) electrons. The lowest BCUT2D eigenvalue weighted by Crippen LogP contribution is -1.99. The second-order valence-electron chi connectivity index (χ2n) is 3.45. The lowest BCUT2D eigenvalue weighted by atomic mass is 10.3. The third-order valence-corrected chi connectivity index (χ3v) is 2.32. The molecular weight excluding hydrogens is 224 g/mol. The first-order valence-corrected chi connectivity index (χ1v) is 5.43. The monoisotopic (exact) mass is 234 g/mol. The molecule has 2 heterocycles. The zero-order valence-electron chi connectivity index (χ0n) is 9.11. The van der Waals surface area contributed by atoms with Crippen LogP contribution in [0.3, 0.4) is 0 Å². The van der Waals surface area contributed by atoms with Crippen LogP contribution in [0, 0.1) is 13.8 Å². The van der Waals surface area contributed by atoms with Gasteiger partial charge in [-0.1, -0.05) is 0 Å². The Hall–Kier alpha value is -1.55. The van der Waals surface area contributed by atoms with Crippen LogP contribution < -0.4 is 0 Å². The normalized spacial score (nSPS) is 10.4. The van der Waals surface area contributed by atoms with Crippen LogP contribution in [-0.4, -0.2) is 19.9 Å². The van der Waals surface area contributed by atoms with Gasteiger partial charge < -0.3 is 0 Å².